The lowest BCUT2D eigenvalue weighted by Gasteiger charge is -2.18. The molecule has 0 heterocycles. The van der Waals surface area contributed by atoms with Gasteiger partial charge in [0.05, 0.1) is 6.04 Å². The van der Waals surface area contributed by atoms with E-state index in [1.54, 1.807) is 18.2 Å². The summed E-state index contributed by atoms with van der Waals surface area (Å²) in [5.74, 6) is 5.27. The summed E-state index contributed by atoms with van der Waals surface area (Å²) in [7, 11) is 0. The van der Waals surface area contributed by atoms with Crippen LogP contribution in [0.5, 0.6) is 0 Å². The zero-order valence-corrected chi connectivity index (χ0v) is 11.7. The third-order valence-corrected chi connectivity index (χ3v) is 3.54. The van der Waals surface area contributed by atoms with Crippen LogP contribution in [0.25, 0.3) is 0 Å². The van der Waals surface area contributed by atoms with Gasteiger partial charge in [-0.25, -0.2) is 9.82 Å². The molecule has 0 saturated carbocycles. The molecule has 0 saturated heterocycles. The predicted molar refractivity (Wildman–Crippen MR) is 74.7 cm³/mol. The summed E-state index contributed by atoms with van der Waals surface area (Å²) in [6.07, 6.45) is 0. The van der Waals surface area contributed by atoms with E-state index in [1.807, 2.05) is 12.1 Å². The van der Waals surface area contributed by atoms with E-state index < -0.39 is 0 Å². The van der Waals surface area contributed by atoms with E-state index in [9.17, 15) is 4.39 Å². The molecule has 0 bridgehead atoms. The normalized spacial score (nSPS) is 12.4. The first-order valence-electron chi connectivity index (χ1n) is 5.28. The third-order valence-electron chi connectivity index (χ3n) is 2.62. The molecule has 1 unspecified atom stereocenters. The molecule has 0 aromatic heterocycles. The average Bonchev–Trinajstić information content (AvgIpc) is 2.33. The highest BCUT2D eigenvalue weighted by Gasteiger charge is 2.15. The fraction of sp³-hybridized carbons (Fsp3) is 0.0769. The fourth-order valence-corrected chi connectivity index (χ4v) is 2.70. The molecule has 0 spiro atoms. The van der Waals surface area contributed by atoms with Gasteiger partial charge in [-0.2, -0.15) is 0 Å². The molecule has 94 valence electrons. The van der Waals surface area contributed by atoms with Crippen molar-refractivity contribution in [2.24, 2.45) is 5.84 Å². The van der Waals surface area contributed by atoms with Gasteiger partial charge in [0, 0.05) is 9.50 Å². The van der Waals surface area contributed by atoms with E-state index in [0.29, 0.717) is 5.02 Å². The van der Waals surface area contributed by atoms with E-state index in [-0.39, 0.29) is 11.9 Å². The molecule has 2 rings (SSSR count). The van der Waals surface area contributed by atoms with Crippen molar-refractivity contribution in [2.45, 2.75) is 6.04 Å². The fourth-order valence-electron chi connectivity index (χ4n) is 1.79. The Morgan fingerprint density at radius 1 is 1.22 bits per heavy atom. The van der Waals surface area contributed by atoms with Gasteiger partial charge in [-0.1, -0.05) is 45.7 Å². The minimum Gasteiger partial charge on any atom is -0.271 e. The molecular formula is C13H11BrClFN2. The summed E-state index contributed by atoms with van der Waals surface area (Å²) in [6.45, 7) is 0. The molecule has 0 aliphatic carbocycles. The van der Waals surface area contributed by atoms with Gasteiger partial charge in [0.15, 0.2) is 0 Å². The van der Waals surface area contributed by atoms with Crippen molar-refractivity contribution >= 4 is 27.5 Å². The molecule has 2 nitrogen and oxygen atoms in total. The zero-order chi connectivity index (χ0) is 13.1. The molecule has 3 N–H and O–H groups in total. The van der Waals surface area contributed by atoms with Crippen LogP contribution in [0.1, 0.15) is 17.2 Å². The quantitative estimate of drug-likeness (QED) is 0.664. The van der Waals surface area contributed by atoms with Crippen LogP contribution >= 0.6 is 27.5 Å². The van der Waals surface area contributed by atoms with Crippen LogP contribution in [0.2, 0.25) is 5.02 Å². The summed E-state index contributed by atoms with van der Waals surface area (Å²) >= 11 is 9.32. The second-order valence-electron chi connectivity index (χ2n) is 3.82. The number of nitrogens with two attached hydrogens (primary N) is 1. The monoisotopic (exact) mass is 328 g/mol. The second kappa shape index (κ2) is 5.80. The maximum absolute atomic E-state index is 13.2. The smallest absolute Gasteiger partial charge is 0.123 e. The minimum atomic E-state index is -0.299. The summed E-state index contributed by atoms with van der Waals surface area (Å²) in [6, 6.07) is 11.4. The first-order valence-corrected chi connectivity index (χ1v) is 6.45. The Labute approximate surface area is 118 Å². The number of hydrogen-bond donors (Lipinski definition) is 2. The number of rotatable bonds is 3. The highest BCUT2D eigenvalue weighted by Crippen LogP contribution is 2.30. The molecule has 1 atom stereocenters. The van der Waals surface area contributed by atoms with E-state index in [2.05, 4.69) is 21.4 Å². The largest absolute Gasteiger partial charge is 0.271 e. The van der Waals surface area contributed by atoms with Crippen molar-refractivity contribution in [3.63, 3.8) is 0 Å². The van der Waals surface area contributed by atoms with Crippen LogP contribution in [0.15, 0.2) is 46.9 Å². The number of nitrogens with one attached hydrogen (secondary N) is 1. The van der Waals surface area contributed by atoms with Crippen LogP contribution in [0.4, 0.5) is 4.39 Å². The van der Waals surface area contributed by atoms with Crippen molar-refractivity contribution in [1.82, 2.24) is 5.43 Å². The molecule has 2 aromatic rings. The molecule has 0 radical (unpaired) electrons. The first-order chi connectivity index (χ1) is 8.61. The Morgan fingerprint density at radius 3 is 2.61 bits per heavy atom. The van der Waals surface area contributed by atoms with Gasteiger partial charge in [-0.05, 0) is 35.4 Å². The van der Waals surface area contributed by atoms with Crippen molar-refractivity contribution in [1.29, 1.82) is 0 Å². The highest BCUT2D eigenvalue weighted by molar-refractivity contribution is 9.10. The summed E-state index contributed by atoms with van der Waals surface area (Å²) in [5, 5.41) is 0.626. The van der Waals surface area contributed by atoms with Crippen LogP contribution in [-0.4, -0.2) is 0 Å². The van der Waals surface area contributed by atoms with Crippen LogP contribution in [0.3, 0.4) is 0 Å². The van der Waals surface area contributed by atoms with Crippen molar-refractivity contribution in [2.75, 3.05) is 0 Å². The third kappa shape index (κ3) is 2.90. The van der Waals surface area contributed by atoms with Gasteiger partial charge in [0.25, 0.3) is 0 Å². The standard InChI is InChI=1S/C13H11BrClFN2/c14-12-7-9(15)4-5-11(12)13(18-17)8-2-1-3-10(16)6-8/h1-7,13,18H,17H2. The summed E-state index contributed by atoms with van der Waals surface area (Å²) in [5.41, 5.74) is 4.33. The number of hydrazine groups is 1. The Kier molecular flexibility index (Phi) is 4.35. The van der Waals surface area contributed by atoms with Crippen molar-refractivity contribution in [3.8, 4) is 0 Å². The van der Waals surface area contributed by atoms with Gasteiger partial charge < -0.3 is 0 Å². The van der Waals surface area contributed by atoms with E-state index in [4.69, 9.17) is 17.4 Å². The average molecular weight is 330 g/mol. The molecule has 18 heavy (non-hydrogen) atoms. The lowest BCUT2D eigenvalue weighted by molar-refractivity contribution is 0.604. The van der Waals surface area contributed by atoms with E-state index in [1.165, 1.54) is 12.1 Å². The Bertz CT molecular complexity index is 562. The molecule has 2 aromatic carbocycles. The van der Waals surface area contributed by atoms with E-state index >= 15 is 0 Å². The van der Waals surface area contributed by atoms with Crippen LogP contribution < -0.4 is 11.3 Å². The lowest BCUT2D eigenvalue weighted by atomic mass is 9.99. The van der Waals surface area contributed by atoms with Gasteiger partial charge >= 0.3 is 0 Å². The Balaban J connectivity index is 2.45. The van der Waals surface area contributed by atoms with Crippen molar-refractivity contribution < 1.29 is 4.39 Å². The number of hydrogen-bond acceptors (Lipinski definition) is 2. The SMILES string of the molecule is NNC(c1cccc(F)c1)c1ccc(Cl)cc1Br. The molecule has 5 heteroatoms. The number of halogens is 3. The van der Waals surface area contributed by atoms with Gasteiger partial charge in [-0.3, -0.25) is 5.84 Å². The van der Waals surface area contributed by atoms with Gasteiger partial charge in [0.1, 0.15) is 5.82 Å². The molecule has 0 amide bonds. The zero-order valence-electron chi connectivity index (χ0n) is 9.33. The van der Waals surface area contributed by atoms with Crippen molar-refractivity contribution in [3.05, 3.63) is 68.9 Å². The summed E-state index contributed by atoms with van der Waals surface area (Å²) < 4.78 is 14.1. The summed E-state index contributed by atoms with van der Waals surface area (Å²) in [4.78, 5) is 0. The van der Waals surface area contributed by atoms with E-state index in [0.717, 1.165) is 15.6 Å². The lowest BCUT2D eigenvalue weighted by Crippen LogP contribution is -2.29. The first kappa shape index (κ1) is 13.5. The molecule has 0 aliphatic heterocycles. The maximum Gasteiger partial charge on any atom is 0.123 e. The van der Waals surface area contributed by atoms with Crippen LogP contribution in [0, 0.1) is 5.82 Å². The predicted octanol–water partition coefficient (Wildman–Crippen LogP) is 3.79. The topological polar surface area (TPSA) is 38.0 Å². The minimum absolute atomic E-state index is 0.294. The Morgan fingerprint density at radius 2 is 2.00 bits per heavy atom. The number of benzene rings is 2. The van der Waals surface area contributed by atoms with Gasteiger partial charge in [0.2, 0.25) is 0 Å². The van der Waals surface area contributed by atoms with Crippen LogP contribution in [-0.2, 0) is 0 Å². The molecule has 0 aliphatic rings. The maximum atomic E-state index is 13.2. The van der Waals surface area contributed by atoms with Gasteiger partial charge in [-0.15, -0.1) is 0 Å². The Hall–Kier alpha value is -0.940. The molecule has 0 fully saturated rings. The molecular weight excluding hydrogens is 319 g/mol. The second-order valence-corrected chi connectivity index (χ2v) is 5.11. The highest BCUT2D eigenvalue weighted by atomic mass is 79.9.